The van der Waals surface area contributed by atoms with Crippen LogP contribution in [-0.2, 0) is 22.4 Å². The average molecular weight is 417 g/mol. The van der Waals surface area contributed by atoms with Gasteiger partial charge >= 0.3 is 5.97 Å². The molecule has 0 aliphatic rings. The summed E-state index contributed by atoms with van der Waals surface area (Å²) in [6, 6.07) is 14.4. The first-order chi connectivity index (χ1) is 13.4. The van der Waals surface area contributed by atoms with Gasteiger partial charge in [0.1, 0.15) is 17.5 Å². The van der Waals surface area contributed by atoms with Crippen LogP contribution in [0.25, 0.3) is 0 Å². The smallest absolute Gasteiger partial charge is 0.322 e. The quantitative estimate of drug-likeness (QED) is 0.399. The lowest BCUT2D eigenvalue weighted by atomic mass is 10.1. The fourth-order valence-electron chi connectivity index (χ4n) is 2.65. The van der Waals surface area contributed by atoms with Crippen molar-refractivity contribution in [3.63, 3.8) is 0 Å². The van der Waals surface area contributed by atoms with Crippen molar-refractivity contribution in [3.05, 3.63) is 68.5 Å². The van der Waals surface area contributed by atoms with E-state index in [1.807, 2.05) is 48.5 Å². The fourth-order valence-corrected chi connectivity index (χ4v) is 3.81. The van der Waals surface area contributed by atoms with E-state index in [0.29, 0.717) is 28.3 Å². The Morgan fingerprint density at radius 3 is 2.21 bits per heavy atom. The molecular formula is C20H20N2O4S2. The monoisotopic (exact) mass is 416 g/mol. The molecule has 0 spiro atoms. The maximum absolute atomic E-state index is 11.4. The number of carbonyl (C=O) groups excluding carboxylic acids is 1. The van der Waals surface area contributed by atoms with E-state index in [0.717, 1.165) is 16.0 Å². The molecule has 146 valence electrons. The first-order valence-corrected chi connectivity index (χ1v) is 9.77. The molecule has 0 saturated heterocycles. The van der Waals surface area contributed by atoms with E-state index in [4.69, 9.17) is 22.7 Å². The van der Waals surface area contributed by atoms with Gasteiger partial charge in [-0.2, -0.15) is 0 Å². The van der Waals surface area contributed by atoms with Crippen molar-refractivity contribution in [3.8, 4) is 17.4 Å². The highest BCUT2D eigenvalue weighted by Gasteiger charge is 2.14. The van der Waals surface area contributed by atoms with E-state index < -0.39 is 12.0 Å². The molecule has 1 aromatic heterocycles. The number of benzene rings is 2. The number of rotatable bonds is 7. The number of nitrogens with two attached hydrogens (primary N) is 1. The molecule has 8 heteroatoms. The van der Waals surface area contributed by atoms with Crippen LogP contribution in [0.15, 0.2) is 48.5 Å². The molecule has 0 aliphatic heterocycles. The first kappa shape index (κ1) is 20.1. The van der Waals surface area contributed by atoms with Crippen molar-refractivity contribution in [2.45, 2.75) is 18.9 Å². The van der Waals surface area contributed by atoms with Gasteiger partial charge in [-0.15, -0.1) is 11.3 Å². The molecule has 0 amide bonds. The summed E-state index contributed by atoms with van der Waals surface area (Å²) in [7, 11) is 1.32. The third-order valence-corrected chi connectivity index (χ3v) is 5.33. The summed E-state index contributed by atoms with van der Waals surface area (Å²) < 4.78 is 11.0. The number of nitrogens with one attached hydrogen (secondary N) is 1. The Morgan fingerprint density at radius 1 is 1.14 bits per heavy atom. The van der Waals surface area contributed by atoms with Crippen LogP contribution in [0, 0.1) is 3.95 Å². The second-order valence-electron chi connectivity index (χ2n) is 6.19. The standard InChI is InChI=1S/C20H20N2O4S2/c1-25-19(24)16(21)10-12-2-6-14(7-3-12)26-15-8-4-13(5-9-15)11-17-18(23)22-20(27)28-17/h2-9,16,23H,10-11,21H2,1H3,(H,22,27). The van der Waals surface area contributed by atoms with Gasteiger partial charge in [0, 0.05) is 6.42 Å². The fraction of sp³-hybridized carbons (Fsp3) is 0.200. The summed E-state index contributed by atoms with van der Waals surface area (Å²) >= 11 is 6.40. The zero-order valence-electron chi connectivity index (χ0n) is 15.2. The summed E-state index contributed by atoms with van der Waals surface area (Å²) in [6.45, 7) is 0. The average Bonchev–Trinajstić information content (AvgIpc) is 3.01. The second-order valence-corrected chi connectivity index (χ2v) is 7.96. The molecule has 1 heterocycles. The third-order valence-electron chi connectivity index (χ3n) is 4.11. The van der Waals surface area contributed by atoms with Crippen LogP contribution >= 0.6 is 23.6 Å². The molecule has 3 rings (SSSR count). The minimum Gasteiger partial charge on any atom is -0.494 e. The Labute approximate surface area is 171 Å². The Morgan fingerprint density at radius 2 is 1.71 bits per heavy atom. The number of ether oxygens (including phenoxy) is 2. The highest BCUT2D eigenvalue weighted by molar-refractivity contribution is 7.73. The number of carbonyl (C=O) groups is 1. The molecule has 1 unspecified atom stereocenters. The van der Waals surface area contributed by atoms with Crippen molar-refractivity contribution in [2.24, 2.45) is 5.73 Å². The molecule has 4 N–H and O–H groups in total. The van der Waals surface area contributed by atoms with E-state index in [2.05, 4.69) is 9.72 Å². The van der Waals surface area contributed by atoms with Crippen LogP contribution in [0.2, 0.25) is 0 Å². The lowest BCUT2D eigenvalue weighted by Crippen LogP contribution is -2.33. The van der Waals surface area contributed by atoms with Crippen molar-refractivity contribution < 1.29 is 19.4 Å². The molecule has 0 radical (unpaired) electrons. The molecule has 1 atom stereocenters. The SMILES string of the molecule is COC(=O)C(N)Cc1ccc(Oc2ccc(Cc3sc(=S)[nH]c3O)cc2)cc1. The molecule has 28 heavy (non-hydrogen) atoms. The summed E-state index contributed by atoms with van der Waals surface area (Å²) in [5, 5.41) is 9.79. The minimum atomic E-state index is -0.679. The summed E-state index contributed by atoms with van der Waals surface area (Å²) in [5.41, 5.74) is 7.74. The lowest BCUT2D eigenvalue weighted by Gasteiger charge is -2.10. The molecule has 2 aromatic carbocycles. The number of aromatic amines is 1. The zero-order valence-corrected chi connectivity index (χ0v) is 16.8. The Bertz CT molecular complexity index is 994. The van der Waals surface area contributed by atoms with Gasteiger partial charge in [-0.1, -0.05) is 24.3 Å². The third kappa shape index (κ3) is 5.19. The van der Waals surface area contributed by atoms with Crippen LogP contribution in [-0.4, -0.2) is 29.2 Å². The zero-order chi connectivity index (χ0) is 20.1. The summed E-state index contributed by atoms with van der Waals surface area (Å²) in [4.78, 5) is 14.9. The van der Waals surface area contributed by atoms with Crippen LogP contribution in [0.5, 0.6) is 17.4 Å². The van der Waals surface area contributed by atoms with Crippen molar-refractivity contribution in [1.82, 2.24) is 4.98 Å². The number of hydrogen-bond donors (Lipinski definition) is 3. The number of methoxy groups -OCH3 is 1. The van der Waals surface area contributed by atoms with Crippen LogP contribution in [0.1, 0.15) is 16.0 Å². The lowest BCUT2D eigenvalue weighted by molar-refractivity contribution is -0.142. The van der Waals surface area contributed by atoms with E-state index in [9.17, 15) is 9.90 Å². The summed E-state index contributed by atoms with van der Waals surface area (Å²) in [6.07, 6.45) is 1.000. The number of H-pyrrole nitrogens is 1. The van der Waals surface area contributed by atoms with Gasteiger partial charge in [0.05, 0.1) is 12.0 Å². The Balaban J connectivity index is 1.60. The van der Waals surface area contributed by atoms with Gasteiger partial charge in [-0.3, -0.25) is 4.79 Å². The van der Waals surface area contributed by atoms with Crippen molar-refractivity contribution in [1.29, 1.82) is 0 Å². The van der Waals surface area contributed by atoms with E-state index in [1.165, 1.54) is 18.4 Å². The van der Waals surface area contributed by atoms with Gasteiger partial charge in [-0.05, 0) is 54.0 Å². The topological polar surface area (TPSA) is 97.6 Å². The largest absolute Gasteiger partial charge is 0.494 e. The van der Waals surface area contributed by atoms with Crippen LogP contribution in [0.3, 0.4) is 0 Å². The first-order valence-electron chi connectivity index (χ1n) is 8.54. The maximum atomic E-state index is 11.4. The molecule has 0 aliphatic carbocycles. The molecule has 6 nitrogen and oxygen atoms in total. The molecular weight excluding hydrogens is 396 g/mol. The van der Waals surface area contributed by atoms with Crippen molar-refractivity contribution in [2.75, 3.05) is 7.11 Å². The van der Waals surface area contributed by atoms with E-state index >= 15 is 0 Å². The highest BCUT2D eigenvalue weighted by Crippen LogP contribution is 2.27. The van der Waals surface area contributed by atoms with Gasteiger partial charge in [-0.25, -0.2) is 0 Å². The maximum Gasteiger partial charge on any atom is 0.322 e. The van der Waals surface area contributed by atoms with Gasteiger partial charge < -0.3 is 25.3 Å². The molecule has 3 aromatic rings. The predicted octanol–water partition coefficient (Wildman–Crippen LogP) is 3.94. The van der Waals surface area contributed by atoms with Crippen molar-refractivity contribution >= 4 is 29.5 Å². The number of esters is 1. The van der Waals surface area contributed by atoms with Gasteiger partial charge in [0.25, 0.3) is 0 Å². The number of thiazole rings is 1. The van der Waals surface area contributed by atoms with E-state index in [-0.39, 0.29) is 5.88 Å². The Hall–Kier alpha value is -2.68. The van der Waals surface area contributed by atoms with Crippen LogP contribution in [0.4, 0.5) is 0 Å². The van der Waals surface area contributed by atoms with Crippen LogP contribution < -0.4 is 10.5 Å². The van der Waals surface area contributed by atoms with Gasteiger partial charge in [0.15, 0.2) is 3.95 Å². The molecule has 0 saturated carbocycles. The number of aromatic hydroxyl groups is 1. The number of aromatic nitrogens is 1. The molecule has 0 fully saturated rings. The normalized spacial score (nSPS) is 11.8. The minimum absolute atomic E-state index is 0.127. The van der Waals surface area contributed by atoms with E-state index in [1.54, 1.807) is 0 Å². The highest BCUT2D eigenvalue weighted by atomic mass is 32.1. The number of hydrogen-bond acceptors (Lipinski definition) is 7. The predicted molar refractivity (Wildman–Crippen MR) is 111 cm³/mol. The summed E-state index contributed by atoms with van der Waals surface area (Å²) in [5.74, 6) is 1.08. The van der Waals surface area contributed by atoms with Gasteiger partial charge in [0.2, 0.25) is 5.88 Å². The second kappa shape index (κ2) is 9.01. The molecule has 0 bridgehead atoms. The Kier molecular flexibility index (Phi) is 6.45.